The zero-order valence-electron chi connectivity index (χ0n) is 9.42. The van der Waals surface area contributed by atoms with E-state index >= 15 is 0 Å². The van der Waals surface area contributed by atoms with Crippen LogP contribution in [0.1, 0.15) is 25.3 Å². The molecule has 1 aromatic carbocycles. The van der Waals surface area contributed by atoms with Crippen molar-refractivity contribution in [2.45, 2.75) is 19.8 Å². The molecule has 0 bridgehead atoms. The molecule has 0 fully saturated rings. The van der Waals surface area contributed by atoms with Crippen LogP contribution in [0.15, 0.2) is 30.3 Å². The van der Waals surface area contributed by atoms with Crippen LogP contribution in [0.4, 0.5) is 0 Å². The summed E-state index contributed by atoms with van der Waals surface area (Å²) >= 11 is 0. The molecule has 4 nitrogen and oxygen atoms in total. The average molecular weight is 221 g/mol. The molecule has 0 aliphatic carbocycles. The highest BCUT2D eigenvalue weighted by Crippen LogP contribution is 2.25. The highest BCUT2D eigenvalue weighted by atomic mass is 16.6. The summed E-state index contributed by atoms with van der Waals surface area (Å²) in [6.07, 6.45) is 0. The predicted octanol–water partition coefficient (Wildman–Crippen LogP) is 2.27. The SMILES string of the molecule is CC(=O)C(C)C(C[N+](=O)[O-])c1ccccc1. The van der Waals surface area contributed by atoms with Gasteiger partial charge in [0.1, 0.15) is 5.78 Å². The fourth-order valence-corrected chi connectivity index (χ4v) is 1.70. The van der Waals surface area contributed by atoms with Crippen molar-refractivity contribution < 1.29 is 9.72 Å². The number of carbonyl (C=O) groups excluding carboxylic acids is 1. The third-order valence-electron chi connectivity index (χ3n) is 2.82. The molecule has 4 heteroatoms. The first kappa shape index (κ1) is 12.4. The first-order valence-corrected chi connectivity index (χ1v) is 5.19. The van der Waals surface area contributed by atoms with Crippen molar-refractivity contribution in [1.82, 2.24) is 0 Å². The van der Waals surface area contributed by atoms with Crippen molar-refractivity contribution in [2.75, 3.05) is 6.54 Å². The summed E-state index contributed by atoms with van der Waals surface area (Å²) in [6, 6.07) is 9.16. The Morgan fingerprint density at radius 3 is 2.38 bits per heavy atom. The van der Waals surface area contributed by atoms with Crippen molar-refractivity contribution in [2.24, 2.45) is 5.92 Å². The van der Waals surface area contributed by atoms with Crippen molar-refractivity contribution >= 4 is 5.78 Å². The van der Waals surface area contributed by atoms with Crippen LogP contribution in [0.3, 0.4) is 0 Å². The predicted molar refractivity (Wildman–Crippen MR) is 60.9 cm³/mol. The van der Waals surface area contributed by atoms with Gasteiger partial charge in [-0.25, -0.2) is 0 Å². The molecule has 86 valence electrons. The second-order valence-corrected chi connectivity index (χ2v) is 3.93. The summed E-state index contributed by atoms with van der Waals surface area (Å²) in [5.41, 5.74) is 0.849. The van der Waals surface area contributed by atoms with E-state index in [9.17, 15) is 14.9 Å². The smallest absolute Gasteiger partial charge is 0.211 e. The zero-order chi connectivity index (χ0) is 12.1. The third-order valence-corrected chi connectivity index (χ3v) is 2.82. The van der Waals surface area contributed by atoms with Crippen molar-refractivity contribution in [3.05, 3.63) is 46.0 Å². The quantitative estimate of drug-likeness (QED) is 0.566. The Morgan fingerprint density at radius 1 is 1.38 bits per heavy atom. The molecule has 2 atom stereocenters. The molecule has 0 spiro atoms. The topological polar surface area (TPSA) is 60.2 Å². The van der Waals surface area contributed by atoms with Gasteiger partial charge in [-0.1, -0.05) is 37.3 Å². The van der Waals surface area contributed by atoms with Gasteiger partial charge in [-0.15, -0.1) is 0 Å². The molecule has 2 unspecified atom stereocenters. The van der Waals surface area contributed by atoms with Crippen LogP contribution >= 0.6 is 0 Å². The van der Waals surface area contributed by atoms with Crippen LogP contribution in [0.25, 0.3) is 0 Å². The van der Waals surface area contributed by atoms with E-state index in [1.165, 1.54) is 6.92 Å². The third kappa shape index (κ3) is 3.15. The maximum Gasteiger partial charge on any atom is 0.211 e. The van der Waals surface area contributed by atoms with Crippen LogP contribution in [0.2, 0.25) is 0 Å². The van der Waals surface area contributed by atoms with E-state index in [4.69, 9.17) is 0 Å². The average Bonchev–Trinajstić information content (AvgIpc) is 2.26. The Hall–Kier alpha value is -1.71. The molecule has 0 heterocycles. The lowest BCUT2D eigenvalue weighted by atomic mass is 9.85. The lowest BCUT2D eigenvalue weighted by Crippen LogP contribution is -2.24. The molecule has 1 aromatic rings. The minimum atomic E-state index is -0.364. The Balaban J connectivity index is 2.96. The molecule has 0 aromatic heterocycles. The Bertz CT molecular complexity index is 375. The fourth-order valence-electron chi connectivity index (χ4n) is 1.70. The van der Waals surface area contributed by atoms with Gasteiger partial charge in [0.15, 0.2) is 0 Å². The molecule has 0 saturated carbocycles. The summed E-state index contributed by atoms with van der Waals surface area (Å²) in [5, 5.41) is 10.6. The van der Waals surface area contributed by atoms with E-state index < -0.39 is 0 Å². The first-order chi connectivity index (χ1) is 7.52. The number of benzene rings is 1. The van der Waals surface area contributed by atoms with Crippen LogP contribution < -0.4 is 0 Å². The minimum absolute atomic E-state index is 0.0179. The maximum atomic E-state index is 11.3. The number of rotatable bonds is 5. The second-order valence-electron chi connectivity index (χ2n) is 3.93. The largest absolute Gasteiger partial charge is 0.300 e. The van der Waals surface area contributed by atoms with Gasteiger partial charge in [0.2, 0.25) is 6.54 Å². The number of hydrogen-bond donors (Lipinski definition) is 0. The van der Waals surface area contributed by atoms with Gasteiger partial charge in [-0.3, -0.25) is 14.9 Å². The van der Waals surface area contributed by atoms with E-state index in [0.717, 1.165) is 5.56 Å². The normalized spacial score (nSPS) is 14.1. The van der Waals surface area contributed by atoms with Crippen molar-refractivity contribution in [1.29, 1.82) is 0 Å². The van der Waals surface area contributed by atoms with Gasteiger partial charge < -0.3 is 0 Å². The van der Waals surface area contributed by atoms with Crippen molar-refractivity contribution in [3.63, 3.8) is 0 Å². The summed E-state index contributed by atoms with van der Waals surface area (Å²) < 4.78 is 0. The summed E-state index contributed by atoms with van der Waals surface area (Å²) in [7, 11) is 0. The molecular formula is C12H15NO3. The summed E-state index contributed by atoms with van der Waals surface area (Å²) in [4.78, 5) is 21.6. The number of Topliss-reactive ketones (excluding diaryl/α,β-unsaturated/α-hetero) is 1. The first-order valence-electron chi connectivity index (χ1n) is 5.19. The number of nitrogens with zero attached hydrogens (tertiary/aromatic N) is 1. The molecule has 0 aliphatic rings. The molecule has 0 amide bonds. The number of carbonyl (C=O) groups is 1. The molecule has 0 saturated heterocycles. The van der Waals surface area contributed by atoms with E-state index in [1.807, 2.05) is 30.3 Å². The summed E-state index contributed by atoms with van der Waals surface area (Å²) in [6.45, 7) is 3.01. The molecule has 16 heavy (non-hydrogen) atoms. The molecule has 0 N–H and O–H groups in total. The van der Waals surface area contributed by atoms with E-state index in [0.29, 0.717) is 0 Å². The molecule has 0 aliphatic heterocycles. The second kappa shape index (κ2) is 5.39. The maximum absolute atomic E-state index is 11.3. The Labute approximate surface area is 94.4 Å². The number of hydrogen-bond acceptors (Lipinski definition) is 3. The molecule has 1 rings (SSSR count). The van der Waals surface area contributed by atoms with Gasteiger partial charge in [-0.2, -0.15) is 0 Å². The highest BCUT2D eigenvalue weighted by molar-refractivity contribution is 5.79. The van der Waals surface area contributed by atoms with Gasteiger partial charge in [0.05, 0.1) is 5.92 Å². The van der Waals surface area contributed by atoms with Crippen LogP contribution in [-0.2, 0) is 4.79 Å². The molecule has 0 radical (unpaired) electrons. The van der Waals surface area contributed by atoms with Crippen LogP contribution in [0.5, 0.6) is 0 Å². The van der Waals surface area contributed by atoms with Gasteiger partial charge in [0, 0.05) is 10.8 Å². The van der Waals surface area contributed by atoms with Gasteiger partial charge in [-0.05, 0) is 12.5 Å². The monoisotopic (exact) mass is 221 g/mol. The van der Waals surface area contributed by atoms with E-state index in [2.05, 4.69) is 0 Å². The minimum Gasteiger partial charge on any atom is -0.300 e. The Kier molecular flexibility index (Phi) is 4.17. The highest BCUT2D eigenvalue weighted by Gasteiger charge is 2.27. The van der Waals surface area contributed by atoms with E-state index in [-0.39, 0.29) is 29.1 Å². The lowest BCUT2D eigenvalue weighted by Gasteiger charge is -2.18. The lowest BCUT2D eigenvalue weighted by molar-refractivity contribution is -0.484. The van der Waals surface area contributed by atoms with Crippen LogP contribution in [-0.4, -0.2) is 17.3 Å². The number of nitro groups is 1. The molecular weight excluding hydrogens is 206 g/mol. The zero-order valence-corrected chi connectivity index (χ0v) is 9.42. The van der Waals surface area contributed by atoms with Crippen LogP contribution in [0, 0.1) is 16.0 Å². The standard InChI is InChI=1S/C12H15NO3/c1-9(10(2)14)12(8-13(15)16)11-6-4-3-5-7-11/h3-7,9,12H,8H2,1-2H3. The van der Waals surface area contributed by atoms with Gasteiger partial charge in [0.25, 0.3) is 0 Å². The van der Waals surface area contributed by atoms with E-state index in [1.54, 1.807) is 6.92 Å². The Morgan fingerprint density at radius 2 is 1.94 bits per heavy atom. The fraction of sp³-hybridized carbons (Fsp3) is 0.417. The number of ketones is 1. The van der Waals surface area contributed by atoms with Gasteiger partial charge >= 0.3 is 0 Å². The van der Waals surface area contributed by atoms with Crippen molar-refractivity contribution in [3.8, 4) is 0 Å². The summed E-state index contributed by atoms with van der Waals surface area (Å²) in [5.74, 6) is -0.683.